The molecular formula is C15H18N2O3. The smallest absolute Gasteiger partial charge is 0.261 e. The van der Waals surface area contributed by atoms with E-state index in [0.717, 1.165) is 12.8 Å². The Morgan fingerprint density at radius 3 is 2.80 bits per heavy atom. The van der Waals surface area contributed by atoms with Gasteiger partial charge in [0, 0.05) is 24.8 Å². The first-order valence-electron chi connectivity index (χ1n) is 6.99. The maximum atomic E-state index is 12.4. The van der Waals surface area contributed by atoms with Gasteiger partial charge >= 0.3 is 0 Å². The second kappa shape index (κ2) is 4.90. The summed E-state index contributed by atoms with van der Waals surface area (Å²) in [6, 6.07) is 4.87. The van der Waals surface area contributed by atoms with Gasteiger partial charge in [0.05, 0.1) is 17.2 Å². The van der Waals surface area contributed by atoms with Crippen LogP contribution in [-0.4, -0.2) is 36.0 Å². The van der Waals surface area contributed by atoms with E-state index in [2.05, 4.69) is 6.92 Å². The van der Waals surface area contributed by atoms with Crippen LogP contribution in [0.15, 0.2) is 18.2 Å². The molecule has 0 aromatic heterocycles. The van der Waals surface area contributed by atoms with Crippen molar-refractivity contribution in [2.45, 2.75) is 25.9 Å². The lowest BCUT2D eigenvalue weighted by molar-refractivity contribution is 0.0543. The summed E-state index contributed by atoms with van der Waals surface area (Å²) in [5.74, 6) is -0.217. The monoisotopic (exact) mass is 274 g/mol. The molecule has 2 heterocycles. The number of amides is 2. The third kappa shape index (κ3) is 1.98. The minimum absolute atomic E-state index is 0.143. The molecule has 0 saturated carbocycles. The fraction of sp³-hybridized carbons (Fsp3) is 0.467. The van der Waals surface area contributed by atoms with Crippen molar-refractivity contribution in [3.8, 4) is 0 Å². The molecule has 0 radical (unpaired) electrons. The Labute approximate surface area is 117 Å². The summed E-state index contributed by atoms with van der Waals surface area (Å²) in [6.07, 6.45) is 1.94. The van der Waals surface area contributed by atoms with Crippen LogP contribution in [0.1, 0.15) is 40.5 Å². The maximum absolute atomic E-state index is 12.4. The molecule has 1 saturated heterocycles. The summed E-state index contributed by atoms with van der Waals surface area (Å²) in [4.78, 5) is 26.0. The van der Waals surface area contributed by atoms with E-state index in [9.17, 15) is 9.59 Å². The molecule has 2 atom stereocenters. The molecule has 2 amide bonds. The minimum Gasteiger partial charge on any atom is -0.399 e. The van der Waals surface area contributed by atoms with Gasteiger partial charge in [0.1, 0.15) is 0 Å². The molecule has 5 nitrogen and oxygen atoms in total. The first-order valence-corrected chi connectivity index (χ1v) is 6.99. The average molecular weight is 274 g/mol. The van der Waals surface area contributed by atoms with Gasteiger partial charge in [-0.2, -0.15) is 0 Å². The molecule has 2 unspecified atom stereocenters. The molecule has 20 heavy (non-hydrogen) atoms. The van der Waals surface area contributed by atoms with Crippen LogP contribution in [-0.2, 0) is 4.74 Å². The number of carbonyl (C=O) groups is 2. The van der Waals surface area contributed by atoms with Crippen molar-refractivity contribution in [2.24, 2.45) is 5.92 Å². The molecule has 106 valence electrons. The second-order valence-electron chi connectivity index (χ2n) is 5.39. The topological polar surface area (TPSA) is 72.6 Å². The number of rotatable bonds is 3. The Hall–Kier alpha value is -1.88. The van der Waals surface area contributed by atoms with E-state index in [1.165, 1.54) is 4.90 Å². The molecule has 5 heteroatoms. The first-order chi connectivity index (χ1) is 9.61. The van der Waals surface area contributed by atoms with Gasteiger partial charge in [-0.3, -0.25) is 14.5 Å². The van der Waals surface area contributed by atoms with Crippen molar-refractivity contribution in [3.63, 3.8) is 0 Å². The SMILES string of the molecule is CCC1OCCC1CN1C(=O)c2ccc(N)cc2C1=O. The lowest BCUT2D eigenvalue weighted by Gasteiger charge is -2.22. The fourth-order valence-electron chi connectivity index (χ4n) is 3.06. The average Bonchev–Trinajstić information content (AvgIpc) is 2.98. The Bertz CT molecular complexity index is 570. The van der Waals surface area contributed by atoms with Gasteiger partial charge in [0.25, 0.3) is 11.8 Å². The van der Waals surface area contributed by atoms with E-state index >= 15 is 0 Å². The number of hydrogen-bond acceptors (Lipinski definition) is 4. The van der Waals surface area contributed by atoms with Gasteiger partial charge < -0.3 is 10.5 Å². The van der Waals surface area contributed by atoms with Gasteiger partial charge in [-0.15, -0.1) is 0 Å². The van der Waals surface area contributed by atoms with Crippen LogP contribution in [0, 0.1) is 5.92 Å². The highest BCUT2D eigenvalue weighted by Gasteiger charge is 2.39. The molecule has 0 aliphatic carbocycles. The van der Waals surface area contributed by atoms with Crippen molar-refractivity contribution in [3.05, 3.63) is 29.3 Å². The zero-order chi connectivity index (χ0) is 14.3. The molecule has 0 bridgehead atoms. The van der Waals surface area contributed by atoms with Crippen LogP contribution < -0.4 is 5.73 Å². The summed E-state index contributed by atoms with van der Waals surface area (Å²) in [6.45, 7) is 3.20. The number of imide groups is 1. The van der Waals surface area contributed by atoms with Gasteiger partial charge in [0.2, 0.25) is 0 Å². The zero-order valence-electron chi connectivity index (χ0n) is 11.5. The number of nitrogen functional groups attached to an aromatic ring is 1. The van der Waals surface area contributed by atoms with Crippen molar-refractivity contribution < 1.29 is 14.3 Å². The van der Waals surface area contributed by atoms with Gasteiger partial charge in [0.15, 0.2) is 0 Å². The highest BCUT2D eigenvalue weighted by atomic mass is 16.5. The Morgan fingerprint density at radius 1 is 1.30 bits per heavy atom. The Kier molecular flexibility index (Phi) is 3.22. The van der Waals surface area contributed by atoms with Crippen molar-refractivity contribution in [2.75, 3.05) is 18.9 Å². The van der Waals surface area contributed by atoms with Crippen LogP contribution >= 0.6 is 0 Å². The quantitative estimate of drug-likeness (QED) is 0.672. The van der Waals surface area contributed by atoms with Crippen molar-refractivity contribution >= 4 is 17.5 Å². The molecule has 2 aliphatic rings. The van der Waals surface area contributed by atoms with E-state index in [0.29, 0.717) is 30.0 Å². The van der Waals surface area contributed by atoms with Gasteiger partial charge in [-0.25, -0.2) is 0 Å². The molecule has 0 spiro atoms. The van der Waals surface area contributed by atoms with Crippen LogP contribution in [0.25, 0.3) is 0 Å². The van der Waals surface area contributed by atoms with E-state index in [1.807, 2.05) is 0 Å². The Balaban J connectivity index is 1.83. The number of carbonyl (C=O) groups excluding carboxylic acids is 2. The molecule has 2 N–H and O–H groups in total. The van der Waals surface area contributed by atoms with E-state index in [1.54, 1.807) is 18.2 Å². The summed E-state index contributed by atoms with van der Waals surface area (Å²) in [7, 11) is 0. The molecule has 1 aromatic rings. The molecular weight excluding hydrogens is 256 g/mol. The number of nitrogens with two attached hydrogens (primary N) is 1. The van der Waals surface area contributed by atoms with Gasteiger partial charge in [-0.1, -0.05) is 6.92 Å². The molecule has 3 rings (SSSR count). The lowest BCUT2D eigenvalue weighted by atomic mass is 9.99. The largest absolute Gasteiger partial charge is 0.399 e. The number of nitrogens with zero attached hydrogens (tertiary/aromatic N) is 1. The molecule has 1 fully saturated rings. The highest BCUT2D eigenvalue weighted by Crippen LogP contribution is 2.29. The number of ether oxygens (including phenoxy) is 1. The number of benzene rings is 1. The first kappa shape index (κ1) is 13.1. The van der Waals surface area contributed by atoms with Crippen LogP contribution in [0.4, 0.5) is 5.69 Å². The number of hydrogen-bond donors (Lipinski definition) is 1. The van der Waals surface area contributed by atoms with E-state index < -0.39 is 0 Å². The lowest BCUT2D eigenvalue weighted by Crippen LogP contribution is -2.37. The van der Waals surface area contributed by atoms with Crippen molar-refractivity contribution in [1.29, 1.82) is 0 Å². The minimum atomic E-state index is -0.237. The third-order valence-corrected chi connectivity index (χ3v) is 4.16. The maximum Gasteiger partial charge on any atom is 0.261 e. The van der Waals surface area contributed by atoms with E-state index in [4.69, 9.17) is 10.5 Å². The van der Waals surface area contributed by atoms with Crippen LogP contribution in [0.2, 0.25) is 0 Å². The van der Waals surface area contributed by atoms with Crippen LogP contribution in [0.5, 0.6) is 0 Å². The summed E-state index contributed by atoms with van der Waals surface area (Å²) in [5.41, 5.74) is 7.06. The summed E-state index contributed by atoms with van der Waals surface area (Å²) in [5, 5.41) is 0. The fourth-order valence-corrected chi connectivity index (χ4v) is 3.06. The molecule has 1 aromatic carbocycles. The zero-order valence-corrected chi connectivity index (χ0v) is 11.5. The predicted octanol–water partition coefficient (Wildman–Crippen LogP) is 1.68. The second-order valence-corrected chi connectivity index (χ2v) is 5.39. The van der Waals surface area contributed by atoms with Gasteiger partial charge in [-0.05, 0) is 31.0 Å². The number of anilines is 1. The number of fused-ring (bicyclic) bond motifs is 1. The molecule has 2 aliphatic heterocycles. The van der Waals surface area contributed by atoms with Crippen molar-refractivity contribution in [1.82, 2.24) is 4.90 Å². The van der Waals surface area contributed by atoms with Crippen LogP contribution in [0.3, 0.4) is 0 Å². The summed E-state index contributed by atoms with van der Waals surface area (Å²) >= 11 is 0. The summed E-state index contributed by atoms with van der Waals surface area (Å²) < 4.78 is 5.62. The third-order valence-electron chi connectivity index (χ3n) is 4.16. The standard InChI is InChI=1S/C15H18N2O3/c1-2-13-9(5-6-20-13)8-17-14(18)11-4-3-10(16)7-12(11)15(17)19/h3-4,7,9,13H,2,5-6,8,16H2,1H3. The Morgan fingerprint density at radius 2 is 2.05 bits per heavy atom. The normalized spacial score (nSPS) is 25.4. The van der Waals surface area contributed by atoms with E-state index in [-0.39, 0.29) is 23.8 Å². The highest BCUT2D eigenvalue weighted by molar-refractivity contribution is 6.21. The predicted molar refractivity (Wildman–Crippen MR) is 74.4 cm³/mol.